The van der Waals surface area contributed by atoms with Crippen LogP contribution in [0.3, 0.4) is 0 Å². The van der Waals surface area contributed by atoms with E-state index in [-0.39, 0.29) is 75.4 Å². The third-order valence-corrected chi connectivity index (χ3v) is 15.2. The van der Waals surface area contributed by atoms with E-state index in [9.17, 15) is 56.4 Å². The van der Waals surface area contributed by atoms with E-state index in [1.54, 1.807) is 179 Å². The van der Waals surface area contributed by atoms with Gasteiger partial charge < -0.3 is 54.3 Å². The second kappa shape index (κ2) is 45.8. The minimum Gasteiger partial charge on any atom is -0.443 e. The predicted octanol–water partition coefficient (Wildman–Crippen LogP) is 19.4. The fourth-order valence-corrected chi connectivity index (χ4v) is 10.1. The van der Waals surface area contributed by atoms with Gasteiger partial charge in [0.15, 0.2) is 27.1 Å². The van der Waals surface area contributed by atoms with Gasteiger partial charge in [-0.1, -0.05) is 34.8 Å². The number of anilines is 4. The fourth-order valence-electron chi connectivity index (χ4n) is 9.77. The molecule has 7 heterocycles. The van der Waals surface area contributed by atoms with Crippen LogP contribution in [0.5, 0.6) is 0 Å². The summed E-state index contributed by atoms with van der Waals surface area (Å²) in [4.78, 5) is 93.3. The topological polar surface area (TPSA) is 427 Å². The van der Waals surface area contributed by atoms with Gasteiger partial charge in [-0.3, -0.25) is 4.79 Å². The SMILES string of the molecule is Br.CC(C)(C)OC(=O)N(C(=O)OC(C)(C)C)c1cc(C(C#N)c2ccc(Cl)nn2)nn1-c1ccc(F)cc1.CC(C)(C)OC(=O)OC(=O)OC(C)(C)C.Clc1ccc(Cl)nn1.Nc1cc(Cc2ccc(=O)[nH]n2)nn1-c1ccc(F)cc1.[C-]#[N+]Cc1cc(N(C(=O)OC(C)(C)C)C(=O)OC(C)(C)C)n(-c2ccc(F)cc2)n1.[C-]#[N+]Cc1cc(N)n(-c2ccc(F)cc2)n1. The van der Waals surface area contributed by atoms with E-state index < -0.39 is 87.8 Å². The van der Waals surface area contributed by atoms with Gasteiger partial charge in [-0.15, -0.1) is 32.3 Å². The van der Waals surface area contributed by atoms with Crippen LogP contribution in [0.15, 0.2) is 163 Å². The number of aromatic amines is 1. The Balaban J connectivity index is 0.000000286. The van der Waals surface area contributed by atoms with Crippen LogP contribution < -0.4 is 26.8 Å². The Kier molecular flexibility index (Phi) is 37.5. The lowest BCUT2D eigenvalue weighted by Gasteiger charge is -2.28. The van der Waals surface area contributed by atoms with Gasteiger partial charge in [-0.2, -0.15) is 45.7 Å². The van der Waals surface area contributed by atoms with E-state index in [1.807, 2.05) is 0 Å². The first-order valence-corrected chi connectivity index (χ1v) is 39.0. The minimum atomic E-state index is -1.06. The molecule has 0 radical (unpaired) electrons. The van der Waals surface area contributed by atoms with Gasteiger partial charge in [-0.05, 0) is 252 Å². The van der Waals surface area contributed by atoms with Crippen molar-refractivity contribution in [1.29, 1.82) is 5.26 Å². The third-order valence-electron chi connectivity index (χ3n) is 14.6. The minimum absolute atomic E-state index is 0. The van der Waals surface area contributed by atoms with Crippen LogP contribution in [-0.4, -0.2) is 140 Å². The zero-order chi connectivity index (χ0) is 94.9. The number of hydrogen-bond donors (Lipinski definition) is 3. The molecular formula is C85H93BrCl3F4N21O14. The van der Waals surface area contributed by atoms with E-state index in [1.165, 1.54) is 122 Å². The number of carbonyl (C=O) groups is 6. The van der Waals surface area contributed by atoms with Gasteiger partial charge in [0.25, 0.3) is 18.6 Å². The number of carbonyl (C=O) groups excluding carboxylic acids is 6. The number of rotatable bonds is 12. The molecule has 0 aliphatic carbocycles. The Bertz CT molecular complexity index is 5660. The number of hydrogen-bond acceptors (Lipinski definition) is 26. The van der Waals surface area contributed by atoms with Crippen molar-refractivity contribution >= 4 is 112 Å². The lowest BCUT2D eigenvalue weighted by Crippen LogP contribution is -2.44. The number of imide groups is 2. The van der Waals surface area contributed by atoms with Crippen molar-refractivity contribution in [2.75, 3.05) is 21.3 Å². The van der Waals surface area contributed by atoms with Gasteiger partial charge in [0.1, 0.15) is 85.8 Å². The summed E-state index contributed by atoms with van der Waals surface area (Å²) in [7, 11) is 0. The van der Waals surface area contributed by atoms with Crippen molar-refractivity contribution in [2.45, 2.75) is 184 Å². The molecule has 0 aliphatic rings. The van der Waals surface area contributed by atoms with Crippen LogP contribution in [0.4, 0.5) is 69.6 Å². The lowest BCUT2D eigenvalue weighted by molar-refractivity contribution is -0.0295. The van der Waals surface area contributed by atoms with Crippen molar-refractivity contribution in [1.82, 2.24) is 69.7 Å². The number of nitrogens with two attached hydrogens (primary N) is 2. The molecular weight excluding hydrogens is 1800 g/mol. The number of benzene rings is 4. The van der Waals surface area contributed by atoms with E-state index in [0.29, 0.717) is 78.8 Å². The monoisotopic (exact) mass is 1890 g/mol. The Morgan fingerprint density at radius 3 is 1.06 bits per heavy atom. The van der Waals surface area contributed by atoms with E-state index in [4.69, 9.17) is 87.8 Å². The Morgan fingerprint density at radius 1 is 0.430 bits per heavy atom. The highest BCUT2D eigenvalue weighted by Gasteiger charge is 2.39. The van der Waals surface area contributed by atoms with Crippen molar-refractivity contribution in [2.24, 2.45) is 0 Å². The molecule has 1 atom stereocenters. The van der Waals surface area contributed by atoms with Gasteiger partial charge >= 0.3 is 36.7 Å². The van der Waals surface area contributed by atoms with Crippen LogP contribution in [0.25, 0.3) is 32.4 Å². The summed E-state index contributed by atoms with van der Waals surface area (Å²) in [6.45, 7) is 43.8. The Morgan fingerprint density at radius 2 is 0.742 bits per heavy atom. The number of H-pyrrole nitrogens is 1. The maximum absolute atomic E-state index is 13.7. The Hall–Kier alpha value is -13.9. The summed E-state index contributed by atoms with van der Waals surface area (Å²) in [5, 5.41) is 49.0. The standard InChI is InChI=1S/C25H26ClFN6O4.C21H25FN4O4.C14H12FN5O.C11H9FN4.C10H18O5.C4H2Cl2N2.BrH/c1-24(2,3)36-22(34)32(23(35)37-25(4,5)6)21-13-19(17(14-28)18-11-12-20(26)30-29-18)31-33(21)16-9-7-15(27)8-10-16;1-20(2,3)29-18(27)25(19(28)30-21(4,5)6)17-12-15(13-23-7)24-26(17)16-10-8-14(22)9-11-16;15-9-1-4-12(5-2-9)20-13(16)8-11(19-20)7-10-3-6-14(21)18-17-10;1-14-7-9-6-11(13)16(15-9)10-4-2-8(12)3-5-10;1-9(2,3)14-7(11)13-8(12)15-10(4,5)6;5-3-1-2-4(6)8-7-3;/h7-13,17H,1-6H3;8-12H,13H2,1-6H3;1-6,8H,7,16H2,(H,18,21);2-6H,7,13H2;1-6H3;1-2H;1H. The normalized spacial score (nSPS) is 11.3. The average Bonchev–Trinajstić information content (AvgIpc) is 1.62. The number of nitrogens with one attached hydrogen (secondary N) is 1. The number of ether oxygens (including phenoxy) is 7. The van der Waals surface area contributed by atoms with Crippen molar-refractivity contribution < 1.29 is 79.5 Å². The molecule has 1 unspecified atom stereocenters. The number of aromatic nitrogens is 14. The summed E-state index contributed by atoms with van der Waals surface area (Å²) in [6.07, 6.45) is -5.67. The number of nitrogen functional groups attached to an aromatic ring is 2. The zero-order valence-electron chi connectivity index (χ0n) is 72.7. The summed E-state index contributed by atoms with van der Waals surface area (Å²) >= 11 is 16.6. The molecule has 11 aromatic rings. The van der Waals surface area contributed by atoms with Crippen LogP contribution in [-0.2, 0) is 52.7 Å². The molecule has 0 saturated carbocycles. The smallest absolute Gasteiger partial charge is 0.443 e. The van der Waals surface area contributed by atoms with Crippen molar-refractivity contribution in [3.8, 4) is 28.8 Å². The van der Waals surface area contributed by atoms with Crippen LogP contribution in [0.2, 0.25) is 15.5 Å². The van der Waals surface area contributed by atoms with Gasteiger partial charge in [0, 0.05) is 36.8 Å². The van der Waals surface area contributed by atoms with E-state index >= 15 is 0 Å². The van der Waals surface area contributed by atoms with Crippen LogP contribution in [0, 0.1) is 47.7 Å². The largest absolute Gasteiger partial charge is 0.519 e. The van der Waals surface area contributed by atoms with Crippen molar-refractivity contribution in [3.05, 3.63) is 264 Å². The first-order valence-electron chi connectivity index (χ1n) is 37.9. The number of halogens is 8. The maximum Gasteiger partial charge on any atom is 0.519 e. The van der Waals surface area contributed by atoms with E-state index in [2.05, 4.69) is 71.5 Å². The predicted molar refractivity (Wildman–Crippen MR) is 472 cm³/mol. The molecule has 0 fully saturated rings. The molecule has 35 nitrogen and oxygen atoms in total. The molecule has 7 aromatic heterocycles. The average molecular weight is 1900 g/mol. The highest BCUT2D eigenvalue weighted by Crippen LogP contribution is 2.33. The highest BCUT2D eigenvalue weighted by atomic mass is 79.9. The zero-order valence-corrected chi connectivity index (χ0v) is 76.7. The quantitative estimate of drug-likeness (QED) is 0.0336. The number of nitriles is 1. The first-order chi connectivity index (χ1) is 59.1. The molecule has 11 rings (SSSR count). The number of nitrogens with zero attached hydrogens (tertiary/aromatic N) is 18. The molecule has 678 valence electrons. The lowest BCUT2D eigenvalue weighted by atomic mass is 10.0. The molecule has 43 heteroatoms. The molecule has 0 bridgehead atoms. The third kappa shape index (κ3) is 35.3. The molecule has 0 spiro atoms. The summed E-state index contributed by atoms with van der Waals surface area (Å²) < 4.78 is 93.8. The Labute approximate surface area is 759 Å². The fraction of sp³-hybridized carbons (Fsp3) is 0.329. The summed E-state index contributed by atoms with van der Waals surface area (Å²) in [5.41, 5.74) is 11.1. The second-order valence-corrected chi connectivity index (χ2v) is 33.6. The first kappa shape index (κ1) is 105. The summed E-state index contributed by atoms with van der Waals surface area (Å²) in [5.74, 6) is -1.81. The molecule has 128 heavy (non-hydrogen) atoms. The second-order valence-electron chi connectivity index (χ2n) is 32.5. The van der Waals surface area contributed by atoms with Gasteiger partial charge in [0.2, 0.25) is 0 Å². The van der Waals surface area contributed by atoms with Crippen LogP contribution in [0.1, 0.15) is 165 Å². The van der Waals surface area contributed by atoms with Gasteiger partial charge in [0.05, 0.1) is 51.6 Å². The molecule has 4 aromatic carbocycles. The molecule has 0 aliphatic heterocycles. The van der Waals surface area contributed by atoms with Crippen molar-refractivity contribution in [3.63, 3.8) is 0 Å². The molecule has 5 N–H and O–H groups in total. The maximum atomic E-state index is 13.7. The summed E-state index contributed by atoms with van der Waals surface area (Å²) in [6, 6.07) is 39.7. The number of amides is 4. The highest BCUT2D eigenvalue weighted by molar-refractivity contribution is 8.93. The molecule has 0 saturated heterocycles. The molecule has 4 amide bonds. The van der Waals surface area contributed by atoms with Crippen LogP contribution >= 0.6 is 51.8 Å². The van der Waals surface area contributed by atoms with Gasteiger partial charge in [-0.25, -0.2) is 83.3 Å². The van der Waals surface area contributed by atoms with E-state index in [0.717, 1.165) is 4.90 Å².